The first kappa shape index (κ1) is 19.3. The van der Waals surface area contributed by atoms with Crippen molar-refractivity contribution < 1.29 is 19.1 Å². The maximum absolute atomic E-state index is 12.7. The Kier molecular flexibility index (Phi) is 5.88. The topological polar surface area (TPSA) is 80.2 Å². The summed E-state index contributed by atoms with van der Waals surface area (Å²) in [6.07, 6.45) is 2.65. The van der Waals surface area contributed by atoms with Crippen LogP contribution in [0.25, 0.3) is 6.08 Å². The van der Waals surface area contributed by atoms with Gasteiger partial charge in [-0.15, -0.1) is 0 Å². The van der Waals surface area contributed by atoms with E-state index in [-0.39, 0.29) is 18.6 Å². The molecule has 1 N–H and O–H groups in total. The number of nitrogens with zero attached hydrogens (tertiary/aromatic N) is 2. The molecule has 0 bridgehead atoms. The first-order valence-electron chi connectivity index (χ1n) is 8.72. The van der Waals surface area contributed by atoms with Crippen molar-refractivity contribution >= 4 is 63.1 Å². The predicted octanol–water partition coefficient (Wildman–Crippen LogP) is 2.62. The second-order valence-electron chi connectivity index (χ2n) is 6.13. The van der Waals surface area contributed by atoms with Crippen LogP contribution >= 0.6 is 35.7 Å². The Balaban J connectivity index is 1.32. The maximum atomic E-state index is 12.7. The van der Waals surface area contributed by atoms with Crippen LogP contribution in [0.5, 0.6) is 11.5 Å². The molecule has 0 spiro atoms. The number of benzene rings is 1. The number of nitrogens with one attached hydrogen (secondary N) is 1. The van der Waals surface area contributed by atoms with Crippen LogP contribution in [0.1, 0.15) is 18.4 Å². The molecule has 0 saturated carbocycles. The molecular weight excluding hydrogens is 418 g/mol. The molecule has 0 atom stereocenters. The number of carbonyl (C=O) groups excluding carboxylic acids is 2. The van der Waals surface area contributed by atoms with Gasteiger partial charge in [-0.05, 0) is 30.2 Å². The zero-order valence-corrected chi connectivity index (χ0v) is 17.3. The number of amides is 2. The average Bonchev–Trinajstić information content (AvgIpc) is 3.39. The minimum atomic E-state index is -0.135. The number of amidine groups is 1. The van der Waals surface area contributed by atoms with E-state index in [0.29, 0.717) is 45.3 Å². The molecule has 0 radical (unpaired) electrons. The fraction of sp³-hybridized carbons (Fsp3) is 0.333. The van der Waals surface area contributed by atoms with E-state index in [9.17, 15) is 9.59 Å². The zero-order chi connectivity index (χ0) is 19.5. The highest BCUT2D eigenvalue weighted by molar-refractivity contribution is 8.26. The molecule has 2 amide bonds. The van der Waals surface area contributed by atoms with Crippen molar-refractivity contribution in [2.75, 3.05) is 25.6 Å². The van der Waals surface area contributed by atoms with Crippen LogP contribution in [0, 0.1) is 0 Å². The molecular formula is C18H17N3O4S3. The molecule has 1 aromatic rings. The summed E-state index contributed by atoms with van der Waals surface area (Å²) >= 11 is 8.16. The van der Waals surface area contributed by atoms with E-state index in [0.717, 1.165) is 17.9 Å². The lowest BCUT2D eigenvalue weighted by Gasteiger charge is -2.14. The van der Waals surface area contributed by atoms with Crippen molar-refractivity contribution in [3.63, 3.8) is 0 Å². The Bertz CT molecular complexity index is 900. The minimum Gasteiger partial charge on any atom is -0.454 e. The standard InChI is InChI=1S/C18H17N3O4S3/c22-15(20-17-19-5-7-27-17)2-1-6-21-16(23)14(28-18(21)26)9-11-3-4-12-13(8-11)25-10-24-12/h3-4,8-9H,1-2,5-7,10H2,(H,19,20,22)/b14-9+. The van der Waals surface area contributed by atoms with Crippen LogP contribution in [0.4, 0.5) is 0 Å². The lowest BCUT2D eigenvalue weighted by molar-refractivity contribution is -0.123. The number of hydrogen-bond acceptors (Lipinski definition) is 8. The summed E-state index contributed by atoms with van der Waals surface area (Å²) in [5, 5.41) is 3.47. The molecule has 0 unspecified atom stereocenters. The fourth-order valence-corrected chi connectivity index (χ4v) is 4.89. The van der Waals surface area contributed by atoms with E-state index in [4.69, 9.17) is 21.7 Å². The Hall–Kier alpha value is -2.04. The third kappa shape index (κ3) is 4.34. The molecule has 146 valence electrons. The second-order valence-corrected chi connectivity index (χ2v) is 8.89. The Morgan fingerprint density at radius 2 is 2.21 bits per heavy atom. The summed E-state index contributed by atoms with van der Waals surface area (Å²) in [7, 11) is 0. The maximum Gasteiger partial charge on any atom is 0.266 e. The number of ether oxygens (including phenoxy) is 2. The van der Waals surface area contributed by atoms with Gasteiger partial charge >= 0.3 is 0 Å². The Labute approximate surface area is 175 Å². The van der Waals surface area contributed by atoms with E-state index in [1.165, 1.54) is 11.8 Å². The van der Waals surface area contributed by atoms with E-state index in [2.05, 4.69) is 10.3 Å². The first-order chi connectivity index (χ1) is 13.6. The van der Waals surface area contributed by atoms with Gasteiger partial charge in [-0.2, -0.15) is 0 Å². The predicted molar refractivity (Wildman–Crippen MR) is 115 cm³/mol. The lowest BCUT2D eigenvalue weighted by Crippen LogP contribution is -2.31. The summed E-state index contributed by atoms with van der Waals surface area (Å²) in [5.74, 6) is 2.05. The normalized spacial score (nSPS) is 19.5. The van der Waals surface area contributed by atoms with Gasteiger partial charge in [0.05, 0.1) is 11.4 Å². The van der Waals surface area contributed by atoms with Crippen LogP contribution in [0.15, 0.2) is 28.1 Å². The molecule has 1 aromatic carbocycles. The van der Waals surface area contributed by atoms with Gasteiger partial charge in [0.1, 0.15) is 4.32 Å². The molecule has 3 heterocycles. The van der Waals surface area contributed by atoms with Crippen molar-refractivity contribution in [3.05, 3.63) is 28.7 Å². The summed E-state index contributed by atoms with van der Waals surface area (Å²) in [4.78, 5) is 30.9. The van der Waals surface area contributed by atoms with E-state index in [1.54, 1.807) is 22.7 Å². The van der Waals surface area contributed by atoms with Gasteiger partial charge < -0.3 is 14.8 Å². The molecule has 7 nitrogen and oxygen atoms in total. The zero-order valence-electron chi connectivity index (χ0n) is 14.8. The molecule has 4 rings (SSSR count). The highest BCUT2D eigenvalue weighted by Crippen LogP contribution is 2.36. The number of carbonyl (C=O) groups is 2. The van der Waals surface area contributed by atoms with E-state index < -0.39 is 0 Å². The Morgan fingerprint density at radius 1 is 1.36 bits per heavy atom. The summed E-state index contributed by atoms with van der Waals surface area (Å²) in [6.45, 7) is 1.36. The van der Waals surface area contributed by atoms with Crippen molar-refractivity contribution in [3.8, 4) is 11.5 Å². The molecule has 0 aliphatic carbocycles. The van der Waals surface area contributed by atoms with Crippen LogP contribution < -0.4 is 14.8 Å². The second kappa shape index (κ2) is 8.54. The number of hydrogen-bond donors (Lipinski definition) is 1. The lowest BCUT2D eigenvalue weighted by atomic mass is 10.2. The number of fused-ring (bicyclic) bond motifs is 1. The SMILES string of the molecule is O=C(CCCN1C(=O)/C(=C\c2ccc3c(c2)OCO3)SC1=S)NC1=NCCS1. The molecule has 28 heavy (non-hydrogen) atoms. The minimum absolute atomic E-state index is 0.0884. The molecule has 1 saturated heterocycles. The molecule has 10 heteroatoms. The van der Waals surface area contributed by atoms with Gasteiger partial charge in [-0.1, -0.05) is 41.8 Å². The number of thioether (sulfide) groups is 2. The average molecular weight is 436 g/mol. The van der Waals surface area contributed by atoms with E-state index >= 15 is 0 Å². The molecule has 0 aromatic heterocycles. The van der Waals surface area contributed by atoms with Crippen LogP contribution in [0.2, 0.25) is 0 Å². The van der Waals surface area contributed by atoms with Gasteiger partial charge in [-0.3, -0.25) is 19.5 Å². The summed E-state index contributed by atoms with van der Waals surface area (Å²) in [5.41, 5.74) is 0.846. The molecule has 3 aliphatic rings. The largest absolute Gasteiger partial charge is 0.454 e. The quantitative estimate of drug-likeness (QED) is 0.562. The van der Waals surface area contributed by atoms with Gasteiger partial charge in [0.15, 0.2) is 16.7 Å². The fourth-order valence-electron chi connectivity index (χ4n) is 2.84. The smallest absolute Gasteiger partial charge is 0.266 e. The van der Waals surface area contributed by atoms with E-state index in [1.807, 2.05) is 18.2 Å². The highest BCUT2D eigenvalue weighted by Gasteiger charge is 2.31. The van der Waals surface area contributed by atoms with Crippen molar-refractivity contribution in [2.45, 2.75) is 12.8 Å². The Morgan fingerprint density at radius 3 is 3.04 bits per heavy atom. The van der Waals surface area contributed by atoms with Gasteiger partial charge in [0.2, 0.25) is 12.7 Å². The van der Waals surface area contributed by atoms with Gasteiger partial charge in [0, 0.05) is 18.7 Å². The molecule has 1 fully saturated rings. The summed E-state index contributed by atoms with van der Waals surface area (Å²) < 4.78 is 11.2. The molecule has 3 aliphatic heterocycles. The third-order valence-corrected chi connectivity index (χ3v) is 6.45. The number of aliphatic imine (C=N–C) groups is 1. The monoisotopic (exact) mass is 435 g/mol. The number of rotatable bonds is 5. The van der Waals surface area contributed by atoms with Gasteiger partial charge in [0.25, 0.3) is 5.91 Å². The van der Waals surface area contributed by atoms with Crippen LogP contribution in [0.3, 0.4) is 0 Å². The van der Waals surface area contributed by atoms with Crippen LogP contribution in [-0.2, 0) is 9.59 Å². The van der Waals surface area contributed by atoms with Crippen molar-refractivity contribution in [1.29, 1.82) is 0 Å². The van der Waals surface area contributed by atoms with Crippen LogP contribution in [-0.4, -0.2) is 51.8 Å². The third-order valence-electron chi connectivity index (χ3n) is 4.19. The number of thiocarbonyl (C=S) groups is 1. The van der Waals surface area contributed by atoms with Crippen molar-refractivity contribution in [2.24, 2.45) is 4.99 Å². The summed E-state index contributed by atoms with van der Waals surface area (Å²) in [6, 6.07) is 5.53. The van der Waals surface area contributed by atoms with Crippen molar-refractivity contribution in [1.82, 2.24) is 10.2 Å². The van der Waals surface area contributed by atoms with Gasteiger partial charge in [-0.25, -0.2) is 0 Å². The first-order valence-corrected chi connectivity index (χ1v) is 10.9. The highest BCUT2D eigenvalue weighted by atomic mass is 32.2.